The SMILES string of the molecule is COC1=CC(=Nc2nc3n(n2)CCCCCC3c2ccc(C)nc2)CCC1n1cnc(Cl)c1. The van der Waals surface area contributed by atoms with Crippen LogP contribution in [0, 0.1) is 6.92 Å². The number of ether oxygens (including phenoxy) is 1. The van der Waals surface area contributed by atoms with Gasteiger partial charge in [0, 0.05) is 36.3 Å². The molecule has 2 atom stereocenters. The second kappa shape index (κ2) is 9.47. The Morgan fingerprint density at radius 2 is 2.06 bits per heavy atom. The van der Waals surface area contributed by atoms with E-state index >= 15 is 0 Å². The molecule has 5 rings (SSSR count). The molecule has 0 saturated heterocycles. The van der Waals surface area contributed by atoms with Crippen molar-refractivity contribution in [2.24, 2.45) is 4.99 Å². The van der Waals surface area contributed by atoms with Gasteiger partial charge in [0.15, 0.2) is 0 Å². The molecular formula is C24H28ClN7O. The van der Waals surface area contributed by atoms with Gasteiger partial charge in [0.25, 0.3) is 5.95 Å². The molecule has 8 nitrogen and oxygen atoms in total. The summed E-state index contributed by atoms with van der Waals surface area (Å²) in [5.41, 5.74) is 3.13. The first-order valence-corrected chi connectivity index (χ1v) is 11.9. The molecule has 0 saturated carbocycles. The van der Waals surface area contributed by atoms with Crippen molar-refractivity contribution in [3.8, 4) is 0 Å². The Morgan fingerprint density at radius 1 is 1.15 bits per heavy atom. The van der Waals surface area contributed by atoms with E-state index in [-0.39, 0.29) is 12.0 Å². The maximum Gasteiger partial charge on any atom is 0.268 e. The van der Waals surface area contributed by atoms with E-state index in [2.05, 4.69) is 22.1 Å². The summed E-state index contributed by atoms with van der Waals surface area (Å²) in [6.45, 7) is 2.88. The second-order valence-electron chi connectivity index (χ2n) is 8.68. The normalized spacial score (nSPS) is 22.4. The second-order valence-corrected chi connectivity index (χ2v) is 9.07. The summed E-state index contributed by atoms with van der Waals surface area (Å²) >= 11 is 6.00. The number of aryl methyl sites for hydroxylation is 2. The van der Waals surface area contributed by atoms with Crippen molar-refractivity contribution < 1.29 is 4.74 Å². The zero-order chi connectivity index (χ0) is 22.8. The number of hydrogen-bond acceptors (Lipinski definition) is 6. The van der Waals surface area contributed by atoms with Gasteiger partial charge in [0.2, 0.25) is 0 Å². The molecule has 0 N–H and O–H groups in total. The maximum absolute atomic E-state index is 6.00. The smallest absolute Gasteiger partial charge is 0.268 e. The molecule has 3 aromatic rings. The highest BCUT2D eigenvalue weighted by Crippen LogP contribution is 2.33. The van der Waals surface area contributed by atoms with Crippen LogP contribution in [0.1, 0.15) is 67.6 Å². The molecule has 1 aliphatic carbocycles. The van der Waals surface area contributed by atoms with Gasteiger partial charge in [-0.05, 0) is 50.3 Å². The molecule has 0 aromatic carbocycles. The number of methoxy groups -OCH3 is 1. The van der Waals surface area contributed by atoms with Gasteiger partial charge < -0.3 is 9.30 Å². The summed E-state index contributed by atoms with van der Waals surface area (Å²) < 4.78 is 9.70. The van der Waals surface area contributed by atoms with Crippen molar-refractivity contribution in [3.63, 3.8) is 0 Å². The molecule has 0 bridgehead atoms. The van der Waals surface area contributed by atoms with Crippen LogP contribution in [-0.4, -0.2) is 42.1 Å². The first-order valence-electron chi connectivity index (χ1n) is 11.5. The molecule has 1 aliphatic heterocycles. The van der Waals surface area contributed by atoms with Gasteiger partial charge in [0.05, 0.1) is 19.5 Å². The molecule has 0 fully saturated rings. The number of halogens is 1. The molecule has 0 radical (unpaired) electrons. The fraction of sp³-hybridized carbons (Fsp3) is 0.458. The van der Waals surface area contributed by atoms with Gasteiger partial charge in [-0.1, -0.05) is 30.5 Å². The molecule has 0 amide bonds. The largest absolute Gasteiger partial charge is 0.499 e. The van der Waals surface area contributed by atoms with Crippen LogP contribution in [0.4, 0.5) is 5.95 Å². The molecular weight excluding hydrogens is 438 g/mol. The Labute approximate surface area is 198 Å². The highest BCUT2D eigenvalue weighted by molar-refractivity contribution is 6.29. The third kappa shape index (κ3) is 4.71. The first kappa shape index (κ1) is 21.8. The summed E-state index contributed by atoms with van der Waals surface area (Å²) in [6.07, 6.45) is 13.7. The standard InChI is InChI=1S/C24H28ClN7O/c1-16-7-8-17(13-26-16)19-6-4-3-5-11-32-23(19)29-24(30-32)28-18-9-10-20(21(12-18)33-2)31-14-22(25)27-15-31/h7-8,12-15,19-20H,3-6,9-11H2,1-2H3. The summed E-state index contributed by atoms with van der Waals surface area (Å²) in [5, 5.41) is 5.24. The zero-order valence-electron chi connectivity index (χ0n) is 19.0. The van der Waals surface area contributed by atoms with E-state index in [1.54, 1.807) is 13.4 Å². The van der Waals surface area contributed by atoms with Crippen LogP contribution in [0.2, 0.25) is 5.15 Å². The van der Waals surface area contributed by atoms with Crippen LogP contribution in [0.3, 0.4) is 0 Å². The molecule has 172 valence electrons. The van der Waals surface area contributed by atoms with E-state index in [0.717, 1.165) is 55.2 Å². The number of nitrogens with zero attached hydrogens (tertiary/aromatic N) is 7. The lowest BCUT2D eigenvalue weighted by molar-refractivity contribution is 0.234. The van der Waals surface area contributed by atoms with E-state index in [9.17, 15) is 0 Å². The van der Waals surface area contributed by atoms with Gasteiger partial charge in [0.1, 0.15) is 16.7 Å². The molecule has 33 heavy (non-hydrogen) atoms. The van der Waals surface area contributed by atoms with Crippen LogP contribution in [0.5, 0.6) is 0 Å². The fourth-order valence-corrected chi connectivity index (χ4v) is 4.83. The van der Waals surface area contributed by atoms with Crippen molar-refractivity contribution in [3.05, 3.63) is 64.9 Å². The van der Waals surface area contributed by atoms with E-state index in [1.165, 1.54) is 18.4 Å². The van der Waals surface area contributed by atoms with E-state index < -0.39 is 0 Å². The van der Waals surface area contributed by atoms with Crippen molar-refractivity contribution >= 4 is 23.3 Å². The van der Waals surface area contributed by atoms with Crippen LogP contribution >= 0.6 is 11.6 Å². The minimum Gasteiger partial charge on any atom is -0.499 e. The first-order chi connectivity index (χ1) is 16.1. The third-order valence-electron chi connectivity index (χ3n) is 6.42. The Morgan fingerprint density at radius 3 is 2.82 bits per heavy atom. The number of pyridine rings is 1. The maximum atomic E-state index is 6.00. The van der Waals surface area contributed by atoms with Gasteiger partial charge in [-0.2, -0.15) is 4.98 Å². The molecule has 3 aromatic heterocycles. The topological polar surface area (TPSA) is 83.0 Å². The minimum atomic E-state index is 0.0579. The van der Waals surface area contributed by atoms with Crippen molar-refractivity contribution in [1.29, 1.82) is 0 Å². The van der Waals surface area contributed by atoms with E-state index in [1.807, 2.05) is 34.6 Å². The number of rotatable bonds is 4. The number of aromatic nitrogens is 6. The number of hydrogen-bond donors (Lipinski definition) is 0. The number of fused-ring (bicyclic) bond motifs is 1. The molecule has 2 aliphatic rings. The number of aliphatic imine (C=N–C) groups is 1. The van der Waals surface area contributed by atoms with Crippen LogP contribution in [0.15, 0.2) is 47.7 Å². The van der Waals surface area contributed by atoms with Gasteiger partial charge >= 0.3 is 0 Å². The van der Waals surface area contributed by atoms with Crippen molar-refractivity contribution in [2.45, 2.75) is 64.0 Å². The van der Waals surface area contributed by atoms with Crippen LogP contribution in [0.25, 0.3) is 0 Å². The predicted octanol–water partition coefficient (Wildman–Crippen LogP) is 5.18. The quantitative estimate of drug-likeness (QED) is 0.530. The van der Waals surface area contributed by atoms with Gasteiger partial charge in [-0.25, -0.2) is 14.7 Å². The highest BCUT2D eigenvalue weighted by Gasteiger charge is 2.26. The summed E-state index contributed by atoms with van der Waals surface area (Å²) in [7, 11) is 1.68. The lowest BCUT2D eigenvalue weighted by Crippen LogP contribution is -2.18. The molecule has 2 unspecified atom stereocenters. The lowest BCUT2D eigenvalue weighted by Gasteiger charge is -2.24. The fourth-order valence-electron chi connectivity index (χ4n) is 4.68. The number of imidazole rings is 1. The summed E-state index contributed by atoms with van der Waals surface area (Å²) in [6, 6.07) is 4.29. The zero-order valence-corrected chi connectivity index (χ0v) is 19.7. The third-order valence-corrected chi connectivity index (χ3v) is 6.62. The Hall–Kier alpha value is -3.00. The highest BCUT2D eigenvalue weighted by atomic mass is 35.5. The minimum absolute atomic E-state index is 0.0579. The van der Waals surface area contributed by atoms with Crippen molar-refractivity contribution in [1.82, 2.24) is 29.3 Å². The van der Waals surface area contributed by atoms with Crippen LogP contribution in [-0.2, 0) is 11.3 Å². The monoisotopic (exact) mass is 465 g/mol. The van der Waals surface area contributed by atoms with Crippen molar-refractivity contribution in [2.75, 3.05) is 7.11 Å². The van der Waals surface area contributed by atoms with E-state index in [4.69, 9.17) is 31.4 Å². The Balaban J connectivity index is 1.45. The average molecular weight is 466 g/mol. The molecule has 9 heteroatoms. The number of allylic oxidation sites excluding steroid dienone is 2. The average Bonchev–Trinajstić information content (AvgIpc) is 3.41. The van der Waals surface area contributed by atoms with Gasteiger partial charge in [-0.15, -0.1) is 5.10 Å². The lowest BCUT2D eigenvalue weighted by atomic mass is 9.92. The molecule has 4 heterocycles. The Kier molecular flexibility index (Phi) is 6.26. The summed E-state index contributed by atoms with van der Waals surface area (Å²) in [4.78, 5) is 18.3. The van der Waals surface area contributed by atoms with Gasteiger partial charge in [-0.3, -0.25) is 4.98 Å². The molecule has 0 spiro atoms. The Bertz CT molecular complexity index is 1180. The predicted molar refractivity (Wildman–Crippen MR) is 127 cm³/mol. The van der Waals surface area contributed by atoms with E-state index in [0.29, 0.717) is 11.1 Å². The summed E-state index contributed by atoms with van der Waals surface area (Å²) in [5.74, 6) is 2.52. The van der Waals surface area contributed by atoms with Crippen LogP contribution < -0.4 is 0 Å².